The lowest BCUT2D eigenvalue weighted by molar-refractivity contribution is 0.159. The van der Waals surface area contributed by atoms with Gasteiger partial charge in [-0.2, -0.15) is 0 Å². The molecule has 0 bridgehead atoms. The molecule has 108 valence electrons. The molecule has 0 atom stereocenters. The molecule has 2 aromatic carbocycles. The Morgan fingerprint density at radius 1 is 1.10 bits per heavy atom. The summed E-state index contributed by atoms with van der Waals surface area (Å²) in [6, 6.07) is 12.4. The van der Waals surface area contributed by atoms with Crippen molar-refractivity contribution in [1.82, 2.24) is 0 Å². The minimum atomic E-state index is -0.294. The van der Waals surface area contributed by atoms with Gasteiger partial charge >= 0.3 is 0 Å². The normalized spacial score (nSPS) is 15.2. The minimum absolute atomic E-state index is 0.294. The minimum Gasteiger partial charge on any atom is -0.496 e. The Morgan fingerprint density at radius 3 is 2.48 bits per heavy atom. The summed E-state index contributed by atoms with van der Waals surface area (Å²) in [6.45, 7) is 6.21. The van der Waals surface area contributed by atoms with E-state index in [9.17, 15) is 0 Å². The predicted octanol–water partition coefficient (Wildman–Crippen LogP) is 4.85. The molecule has 2 nitrogen and oxygen atoms in total. The van der Waals surface area contributed by atoms with Gasteiger partial charge in [-0.3, -0.25) is 0 Å². The molecular weight excluding hydrogens is 260 g/mol. The summed E-state index contributed by atoms with van der Waals surface area (Å²) in [6.07, 6.45) is 4.24. The first-order valence-corrected chi connectivity index (χ1v) is 7.17. The molecule has 1 aliphatic rings. The summed E-state index contributed by atoms with van der Waals surface area (Å²) in [5.74, 6) is 1.83. The number of benzene rings is 2. The van der Waals surface area contributed by atoms with Crippen LogP contribution in [-0.2, 0) is 0 Å². The van der Waals surface area contributed by atoms with Gasteiger partial charge in [-0.1, -0.05) is 36.4 Å². The van der Waals surface area contributed by atoms with Crippen LogP contribution in [0.15, 0.2) is 42.5 Å². The molecule has 21 heavy (non-hydrogen) atoms. The zero-order valence-corrected chi connectivity index (χ0v) is 12.9. The van der Waals surface area contributed by atoms with E-state index >= 15 is 0 Å². The highest BCUT2D eigenvalue weighted by molar-refractivity contribution is 5.81. The fraction of sp³-hybridized carbons (Fsp3) is 0.263. The van der Waals surface area contributed by atoms with Gasteiger partial charge in [0, 0.05) is 16.7 Å². The van der Waals surface area contributed by atoms with Crippen molar-refractivity contribution in [3.63, 3.8) is 0 Å². The monoisotopic (exact) mass is 280 g/mol. The first-order valence-electron chi connectivity index (χ1n) is 7.17. The van der Waals surface area contributed by atoms with Crippen molar-refractivity contribution in [1.29, 1.82) is 0 Å². The van der Waals surface area contributed by atoms with Crippen molar-refractivity contribution in [2.24, 2.45) is 0 Å². The zero-order chi connectivity index (χ0) is 15.0. The number of rotatable bonds is 2. The van der Waals surface area contributed by atoms with Crippen molar-refractivity contribution in [2.75, 3.05) is 7.11 Å². The molecule has 0 aliphatic carbocycles. The standard InChI is InChI=1S/C19H20O2/c1-13-15-10-11-19(2,3)21-18(15)16(12-17(13)20-4)14-8-6-5-7-9-14/h5-12H,1-4H3. The van der Waals surface area contributed by atoms with Crippen LogP contribution in [0.25, 0.3) is 17.2 Å². The van der Waals surface area contributed by atoms with E-state index in [1.807, 2.05) is 18.2 Å². The van der Waals surface area contributed by atoms with Crippen LogP contribution >= 0.6 is 0 Å². The third-order valence-electron chi connectivity index (χ3n) is 3.86. The van der Waals surface area contributed by atoms with E-state index in [1.165, 1.54) is 0 Å². The summed E-state index contributed by atoms with van der Waals surface area (Å²) in [4.78, 5) is 0. The maximum Gasteiger partial charge on any atom is 0.136 e. The van der Waals surface area contributed by atoms with Crippen LogP contribution in [0, 0.1) is 6.92 Å². The van der Waals surface area contributed by atoms with E-state index in [2.05, 4.69) is 51.1 Å². The maximum absolute atomic E-state index is 6.24. The topological polar surface area (TPSA) is 18.5 Å². The molecule has 1 aliphatic heterocycles. The fourth-order valence-corrected chi connectivity index (χ4v) is 2.69. The molecule has 0 aromatic heterocycles. The molecule has 2 aromatic rings. The molecule has 1 heterocycles. The van der Waals surface area contributed by atoms with Crippen molar-refractivity contribution in [3.05, 3.63) is 53.6 Å². The first-order chi connectivity index (χ1) is 10.0. The number of hydrogen-bond donors (Lipinski definition) is 0. The van der Waals surface area contributed by atoms with E-state index < -0.39 is 0 Å². The highest BCUT2D eigenvalue weighted by Gasteiger charge is 2.27. The van der Waals surface area contributed by atoms with Gasteiger partial charge in [-0.25, -0.2) is 0 Å². The molecule has 0 N–H and O–H groups in total. The van der Waals surface area contributed by atoms with Gasteiger partial charge in [-0.15, -0.1) is 0 Å². The Hall–Kier alpha value is -2.22. The number of hydrogen-bond acceptors (Lipinski definition) is 2. The fourth-order valence-electron chi connectivity index (χ4n) is 2.69. The summed E-state index contributed by atoms with van der Waals surface area (Å²) >= 11 is 0. The second-order valence-electron chi connectivity index (χ2n) is 5.90. The molecule has 0 radical (unpaired) electrons. The maximum atomic E-state index is 6.24. The van der Waals surface area contributed by atoms with Crippen LogP contribution in [0.3, 0.4) is 0 Å². The Labute approximate surface area is 126 Å². The second-order valence-corrected chi connectivity index (χ2v) is 5.90. The van der Waals surface area contributed by atoms with Crippen molar-refractivity contribution >= 4 is 6.08 Å². The quantitative estimate of drug-likeness (QED) is 0.782. The van der Waals surface area contributed by atoms with Gasteiger partial charge in [0.2, 0.25) is 0 Å². The molecule has 0 fully saturated rings. The Kier molecular flexibility index (Phi) is 3.25. The van der Waals surface area contributed by atoms with Gasteiger partial charge < -0.3 is 9.47 Å². The highest BCUT2D eigenvalue weighted by atomic mass is 16.5. The summed E-state index contributed by atoms with van der Waals surface area (Å²) < 4.78 is 11.8. The van der Waals surface area contributed by atoms with Crippen LogP contribution in [0.4, 0.5) is 0 Å². The van der Waals surface area contributed by atoms with E-state index in [-0.39, 0.29) is 5.60 Å². The van der Waals surface area contributed by atoms with Crippen LogP contribution in [0.1, 0.15) is 25.0 Å². The van der Waals surface area contributed by atoms with E-state index in [4.69, 9.17) is 9.47 Å². The molecule has 0 saturated heterocycles. The molecule has 2 heteroatoms. The van der Waals surface area contributed by atoms with Crippen LogP contribution < -0.4 is 9.47 Å². The number of methoxy groups -OCH3 is 1. The van der Waals surface area contributed by atoms with Gasteiger partial charge in [0.1, 0.15) is 17.1 Å². The highest BCUT2D eigenvalue weighted by Crippen LogP contribution is 2.44. The van der Waals surface area contributed by atoms with Crippen molar-refractivity contribution < 1.29 is 9.47 Å². The van der Waals surface area contributed by atoms with Gasteiger partial charge in [0.25, 0.3) is 0 Å². The van der Waals surface area contributed by atoms with E-state index in [0.717, 1.165) is 33.8 Å². The van der Waals surface area contributed by atoms with Gasteiger partial charge in [0.15, 0.2) is 0 Å². The van der Waals surface area contributed by atoms with E-state index in [0.29, 0.717) is 0 Å². The average molecular weight is 280 g/mol. The lowest BCUT2D eigenvalue weighted by Gasteiger charge is -2.31. The van der Waals surface area contributed by atoms with Crippen molar-refractivity contribution in [2.45, 2.75) is 26.4 Å². The Balaban J connectivity index is 2.28. The largest absolute Gasteiger partial charge is 0.496 e. The average Bonchev–Trinajstić information content (AvgIpc) is 2.47. The molecule has 0 saturated carbocycles. The summed E-state index contributed by atoms with van der Waals surface area (Å²) in [5.41, 5.74) is 4.13. The smallest absolute Gasteiger partial charge is 0.136 e. The summed E-state index contributed by atoms with van der Waals surface area (Å²) in [5, 5.41) is 0. The lowest BCUT2D eigenvalue weighted by Crippen LogP contribution is -2.28. The van der Waals surface area contributed by atoms with Crippen LogP contribution in [0.5, 0.6) is 11.5 Å². The predicted molar refractivity (Wildman–Crippen MR) is 86.9 cm³/mol. The zero-order valence-electron chi connectivity index (χ0n) is 12.9. The lowest BCUT2D eigenvalue weighted by atomic mass is 9.93. The van der Waals surface area contributed by atoms with Crippen molar-refractivity contribution in [3.8, 4) is 22.6 Å². The number of fused-ring (bicyclic) bond motifs is 1. The molecule has 0 unspecified atom stereocenters. The van der Waals surface area contributed by atoms with Gasteiger partial charge in [-0.05, 0) is 38.5 Å². The van der Waals surface area contributed by atoms with Gasteiger partial charge in [0.05, 0.1) is 7.11 Å². The molecule has 0 amide bonds. The number of ether oxygens (including phenoxy) is 2. The Bertz CT molecular complexity index is 697. The molecular formula is C19H20O2. The summed E-state index contributed by atoms with van der Waals surface area (Å²) in [7, 11) is 1.71. The third kappa shape index (κ3) is 2.42. The van der Waals surface area contributed by atoms with E-state index in [1.54, 1.807) is 7.11 Å². The third-order valence-corrected chi connectivity index (χ3v) is 3.86. The Morgan fingerprint density at radius 2 is 1.81 bits per heavy atom. The second kappa shape index (κ2) is 4.96. The SMILES string of the molecule is COc1cc(-c2ccccc2)c2c(c1C)C=CC(C)(C)O2. The van der Waals surface area contributed by atoms with Crippen LogP contribution in [0.2, 0.25) is 0 Å². The first kappa shape index (κ1) is 13.7. The molecule has 3 rings (SSSR count). The molecule has 0 spiro atoms. The van der Waals surface area contributed by atoms with Crippen LogP contribution in [-0.4, -0.2) is 12.7 Å².